The predicted octanol–water partition coefficient (Wildman–Crippen LogP) is 2.99. The van der Waals surface area contributed by atoms with Crippen molar-refractivity contribution in [3.05, 3.63) is 33.9 Å². The summed E-state index contributed by atoms with van der Waals surface area (Å²) in [5.41, 5.74) is 9.39. The molecule has 0 radical (unpaired) electrons. The molecule has 0 aliphatic heterocycles. The summed E-state index contributed by atoms with van der Waals surface area (Å²) >= 11 is 3.63. The van der Waals surface area contributed by atoms with Gasteiger partial charge in [-0.2, -0.15) is 0 Å². The first-order valence-corrected chi connectivity index (χ1v) is 6.05. The Labute approximate surface area is 98.0 Å². The van der Waals surface area contributed by atoms with E-state index in [0.717, 1.165) is 12.8 Å². The Morgan fingerprint density at radius 2 is 2.20 bits per heavy atom. The lowest BCUT2D eigenvalue weighted by atomic mass is 10.1. The smallest absolute Gasteiger partial charge is 0.0500 e. The number of aromatic nitrogens is 1. The maximum Gasteiger partial charge on any atom is 0.0500 e. The van der Waals surface area contributed by atoms with Crippen LogP contribution in [-0.4, -0.2) is 11.5 Å². The SMILES string of the molecule is CCc1cccc2c(Br)c(CCN)[nH]c12. The number of benzene rings is 1. The zero-order chi connectivity index (χ0) is 10.8. The first-order valence-electron chi connectivity index (χ1n) is 5.26. The van der Waals surface area contributed by atoms with Crippen molar-refractivity contribution in [1.82, 2.24) is 4.98 Å². The van der Waals surface area contributed by atoms with Crippen LogP contribution >= 0.6 is 15.9 Å². The van der Waals surface area contributed by atoms with Crippen LogP contribution in [0.3, 0.4) is 0 Å². The monoisotopic (exact) mass is 266 g/mol. The van der Waals surface area contributed by atoms with Gasteiger partial charge in [-0.3, -0.25) is 0 Å². The highest BCUT2D eigenvalue weighted by Crippen LogP contribution is 2.30. The number of aryl methyl sites for hydroxylation is 1. The minimum atomic E-state index is 0.673. The summed E-state index contributed by atoms with van der Waals surface area (Å²) in [6, 6.07) is 6.40. The number of aromatic amines is 1. The highest BCUT2D eigenvalue weighted by atomic mass is 79.9. The van der Waals surface area contributed by atoms with Crippen molar-refractivity contribution in [3.8, 4) is 0 Å². The molecule has 1 aromatic heterocycles. The van der Waals surface area contributed by atoms with Gasteiger partial charge < -0.3 is 10.7 Å². The topological polar surface area (TPSA) is 41.8 Å². The molecule has 0 amide bonds. The highest BCUT2D eigenvalue weighted by Gasteiger charge is 2.09. The summed E-state index contributed by atoms with van der Waals surface area (Å²) in [5, 5.41) is 1.26. The van der Waals surface area contributed by atoms with Crippen molar-refractivity contribution in [2.45, 2.75) is 19.8 Å². The number of nitrogens with two attached hydrogens (primary N) is 1. The predicted molar refractivity (Wildman–Crippen MR) is 68.1 cm³/mol. The number of hydrogen-bond acceptors (Lipinski definition) is 1. The quantitative estimate of drug-likeness (QED) is 0.881. The summed E-state index contributed by atoms with van der Waals surface area (Å²) in [6.45, 7) is 2.85. The molecule has 1 heterocycles. The number of H-pyrrole nitrogens is 1. The van der Waals surface area contributed by atoms with Crippen molar-refractivity contribution >= 4 is 26.8 Å². The zero-order valence-electron chi connectivity index (χ0n) is 8.81. The van der Waals surface area contributed by atoms with Crippen molar-refractivity contribution in [2.24, 2.45) is 5.73 Å². The standard InChI is InChI=1S/C12H15BrN2/c1-2-8-4-3-5-9-11(13)10(6-7-14)15-12(8)9/h3-5,15H,2,6-7,14H2,1H3. The van der Waals surface area contributed by atoms with Crippen molar-refractivity contribution < 1.29 is 0 Å². The van der Waals surface area contributed by atoms with Gasteiger partial charge in [0, 0.05) is 27.5 Å². The normalized spacial score (nSPS) is 11.1. The van der Waals surface area contributed by atoms with E-state index in [1.165, 1.54) is 26.6 Å². The van der Waals surface area contributed by atoms with Gasteiger partial charge in [-0.1, -0.05) is 25.1 Å². The third-order valence-corrected chi connectivity index (χ3v) is 3.61. The van der Waals surface area contributed by atoms with Gasteiger partial charge in [0.2, 0.25) is 0 Å². The Kier molecular flexibility index (Phi) is 3.12. The molecule has 1 aromatic carbocycles. The second-order valence-corrected chi connectivity index (χ2v) is 4.44. The highest BCUT2D eigenvalue weighted by molar-refractivity contribution is 9.10. The van der Waals surface area contributed by atoms with Crippen LogP contribution in [0.15, 0.2) is 22.7 Å². The molecule has 2 nitrogen and oxygen atoms in total. The zero-order valence-corrected chi connectivity index (χ0v) is 10.4. The maximum absolute atomic E-state index is 5.58. The summed E-state index contributed by atoms with van der Waals surface area (Å²) in [4.78, 5) is 3.46. The van der Waals surface area contributed by atoms with Crippen LogP contribution in [0.4, 0.5) is 0 Å². The first kappa shape index (κ1) is 10.7. The summed E-state index contributed by atoms with van der Waals surface area (Å²) in [5.74, 6) is 0. The number of halogens is 1. The summed E-state index contributed by atoms with van der Waals surface area (Å²) < 4.78 is 1.17. The van der Waals surface area contributed by atoms with Gasteiger partial charge in [-0.15, -0.1) is 0 Å². The molecule has 0 fully saturated rings. The first-order chi connectivity index (χ1) is 7.27. The van der Waals surface area contributed by atoms with E-state index in [1.807, 2.05) is 0 Å². The third kappa shape index (κ3) is 1.82. The van der Waals surface area contributed by atoms with E-state index in [9.17, 15) is 0 Å². The summed E-state index contributed by atoms with van der Waals surface area (Å²) in [6.07, 6.45) is 1.94. The number of para-hydroxylation sites is 1. The van der Waals surface area contributed by atoms with Crippen molar-refractivity contribution in [3.63, 3.8) is 0 Å². The molecule has 0 aliphatic carbocycles. The minimum absolute atomic E-state index is 0.673. The molecule has 0 aliphatic rings. The van der Waals surface area contributed by atoms with Gasteiger partial charge in [0.1, 0.15) is 0 Å². The lowest BCUT2D eigenvalue weighted by Crippen LogP contribution is -2.03. The molecule has 0 bridgehead atoms. The Bertz CT molecular complexity index is 474. The molecule has 3 heteroatoms. The molecule has 2 aromatic rings. The fraction of sp³-hybridized carbons (Fsp3) is 0.333. The van der Waals surface area contributed by atoms with Gasteiger partial charge >= 0.3 is 0 Å². The number of nitrogens with one attached hydrogen (secondary N) is 1. The Hall–Kier alpha value is -0.800. The van der Waals surface area contributed by atoms with Crippen LogP contribution in [0.2, 0.25) is 0 Å². The van der Waals surface area contributed by atoms with Crippen LogP contribution in [0.1, 0.15) is 18.2 Å². The average molecular weight is 267 g/mol. The maximum atomic E-state index is 5.58. The minimum Gasteiger partial charge on any atom is -0.357 e. The average Bonchev–Trinajstić information content (AvgIpc) is 2.57. The second-order valence-electron chi connectivity index (χ2n) is 3.65. The van der Waals surface area contributed by atoms with Gasteiger partial charge in [0.25, 0.3) is 0 Å². The number of fused-ring (bicyclic) bond motifs is 1. The van der Waals surface area contributed by atoms with Crippen LogP contribution < -0.4 is 5.73 Å². The molecule has 0 unspecified atom stereocenters. The van der Waals surface area contributed by atoms with Crippen LogP contribution in [0.5, 0.6) is 0 Å². The van der Waals surface area contributed by atoms with Crippen LogP contribution in [0.25, 0.3) is 10.9 Å². The van der Waals surface area contributed by atoms with Gasteiger partial charge in [0.15, 0.2) is 0 Å². The van der Waals surface area contributed by atoms with E-state index in [-0.39, 0.29) is 0 Å². The molecule has 2 rings (SSSR count). The molecule has 0 atom stereocenters. The van der Waals surface area contributed by atoms with Crippen molar-refractivity contribution in [1.29, 1.82) is 0 Å². The van der Waals surface area contributed by atoms with E-state index in [1.54, 1.807) is 0 Å². The molecule has 3 N–H and O–H groups in total. The van der Waals surface area contributed by atoms with E-state index in [0.29, 0.717) is 6.54 Å². The molecule has 80 valence electrons. The fourth-order valence-electron chi connectivity index (χ4n) is 1.91. The molecule has 15 heavy (non-hydrogen) atoms. The lowest BCUT2D eigenvalue weighted by molar-refractivity contribution is 0.933. The van der Waals surface area contributed by atoms with E-state index >= 15 is 0 Å². The Balaban J connectivity index is 2.64. The van der Waals surface area contributed by atoms with Gasteiger partial charge in [0.05, 0.1) is 0 Å². The summed E-state index contributed by atoms with van der Waals surface area (Å²) in [7, 11) is 0. The lowest BCUT2D eigenvalue weighted by Gasteiger charge is -1.97. The molecular weight excluding hydrogens is 252 g/mol. The van der Waals surface area contributed by atoms with Gasteiger partial charge in [-0.25, -0.2) is 0 Å². The molecule has 0 spiro atoms. The van der Waals surface area contributed by atoms with E-state index < -0.39 is 0 Å². The Morgan fingerprint density at radius 1 is 1.40 bits per heavy atom. The molecule has 0 saturated heterocycles. The van der Waals surface area contributed by atoms with Crippen LogP contribution in [-0.2, 0) is 12.8 Å². The van der Waals surface area contributed by atoms with E-state index in [2.05, 4.69) is 46.0 Å². The van der Waals surface area contributed by atoms with Gasteiger partial charge in [-0.05, 0) is 34.5 Å². The van der Waals surface area contributed by atoms with Crippen LogP contribution in [0, 0.1) is 0 Å². The molecule has 0 saturated carbocycles. The second kappa shape index (κ2) is 4.37. The third-order valence-electron chi connectivity index (χ3n) is 2.70. The fourth-order valence-corrected chi connectivity index (χ4v) is 2.54. The number of rotatable bonds is 3. The Morgan fingerprint density at radius 3 is 2.87 bits per heavy atom. The number of hydrogen-bond donors (Lipinski definition) is 2. The van der Waals surface area contributed by atoms with Crippen molar-refractivity contribution in [2.75, 3.05) is 6.54 Å². The van der Waals surface area contributed by atoms with E-state index in [4.69, 9.17) is 5.73 Å². The largest absolute Gasteiger partial charge is 0.357 e. The molecular formula is C12H15BrN2.